The quantitative estimate of drug-likeness (QED) is 0.378. The van der Waals surface area contributed by atoms with Crippen molar-refractivity contribution in [3.05, 3.63) is 18.4 Å². The largest absolute Gasteiger partial charge is 0.459 e. The van der Waals surface area contributed by atoms with E-state index in [4.69, 9.17) is 4.74 Å². The van der Waals surface area contributed by atoms with E-state index in [1.54, 1.807) is 0 Å². The van der Waals surface area contributed by atoms with Crippen molar-refractivity contribution in [1.29, 1.82) is 0 Å². The fourth-order valence-corrected chi connectivity index (χ4v) is 1.29. The molecule has 3 heteroatoms. The van der Waals surface area contributed by atoms with Crippen LogP contribution in [0.25, 0.3) is 0 Å². The van der Waals surface area contributed by atoms with Crippen molar-refractivity contribution in [2.75, 3.05) is 0 Å². The SMILES string of the molecule is C=C=CC(=O)OC1CCCC1.Cl. The Hall–Kier alpha value is -0.720. The first-order chi connectivity index (χ1) is 5.33. The molecule has 0 aromatic carbocycles. The zero-order chi connectivity index (χ0) is 8.10. The highest BCUT2D eigenvalue weighted by Crippen LogP contribution is 2.20. The van der Waals surface area contributed by atoms with Gasteiger partial charge in [0.15, 0.2) is 0 Å². The smallest absolute Gasteiger partial charge is 0.338 e. The monoisotopic (exact) mass is 188 g/mol. The second-order valence-electron chi connectivity index (χ2n) is 2.69. The summed E-state index contributed by atoms with van der Waals surface area (Å²) in [6, 6.07) is 0. The molecule has 68 valence electrons. The van der Waals surface area contributed by atoms with Gasteiger partial charge in [-0.25, -0.2) is 4.79 Å². The number of rotatable bonds is 2. The van der Waals surface area contributed by atoms with Crippen LogP contribution in [-0.4, -0.2) is 12.1 Å². The van der Waals surface area contributed by atoms with Crippen molar-refractivity contribution >= 4 is 18.4 Å². The Morgan fingerprint density at radius 1 is 1.50 bits per heavy atom. The summed E-state index contributed by atoms with van der Waals surface area (Å²) in [6.45, 7) is 3.29. The normalized spacial score (nSPS) is 16.0. The summed E-state index contributed by atoms with van der Waals surface area (Å²) in [5, 5.41) is 0. The van der Waals surface area contributed by atoms with Crippen molar-refractivity contribution in [3.8, 4) is 0 Å². The Labute approximate surface area is 78.7 Å². The minimum Gasteiger partial charge on any atom is -0.459 e. The van der Waals surface area contributed by atoms with Gasteiger partial charge in [0, 0.05) is 0 Å². The van der Waals surface area contributed by atoms with Gasteiger partial charge in [-0.3, -0.25) is 0 Å². The van der Waals surface area contributed by atoms with E-state index in [9.17, 15) is 4.79 Å². The van der Waals surface area contributed by atoms with Crippen molar-refractivity contribution < 1.29 is 9.53 Å². The summed E-state index contributed by atoms with van der Waals surface area (Å²) in [5.74, 6) is -0.313. The lowest BCUT2D eigenvalue weighted by Gasteiger charge is -2.07. The standard InChI is InChI=1S/C9H12O2.ClH/c1-2-5-9(10)11-8-6-3-4-7-8;/h5,8H,1,3-4,6-7H2;1H. The highest BCUT2D eigenvalue weighted by molar-refractivity contribution is 5.85. The Kier molecular flexibility index (Phi) is 5.52. The fourth-order valence-electron chi connectivity index (χ4n) is 1.29. The van der Waals surface area contributed by atoms with Crippen LogP contribution in [0.1, 0.15) is 25.7 Å². The van der Waals surface area contributed by atoms with E-state index in [2.05, 4.69) is 12.3 Å². The molecular formula is C9H13ClO2. The molecule has 0 radical (unpaired) electrons. The maximum Gasteiger partial charge on any atom is 0.338 e. The molecule has 0 saturated heterocycles. The molecule has 0 aromatic heterocycles. The summed E-state index contributed by atoms with van der Waals surface area (Å²) in [4.78, 5) is 10.8. The molecule has 0 atom stereocenters. The van der Waals surface area contributed by atoms with Crippen LogP contribution >= 0.6 is 12.4 Å². The molecule has 2 nitrogen and oxygen atoms in total. The number of carbonyl (C=O) groups excluding carboxylic acids is 1. The Bertz CT molecular complexity index is 189. The number of carbonyl (C=O) groups is 1. The van der Waals surface area contributed by atoms with Crippen molar-refractivity contribution in [1.82, 2.24) is 0 Å². The van der Waals surface area contributed by atoms with Gasteiger partial charge in [-0.05, 0) is 25.7 Å². The van der Waals surface area contributed by atoms with Crippen LogP contribution in [0.3, 0.4) is 0 Å². The molecule has 0 aromatic rings. The van der Waals surface area contributed by atoms with E-state index >= 15 is 0 Å². The number of halogens is 1. The van der Waals surface area contributed by atoms with E-state index in [1.165, 1.54) is 18.9 Å². The number of esters is 1. The number of ether oxygens (including phenoxy) is 1. The van der Waals surface area contributed by atoms with E-state index in [-0.39, 0.29) is 24.5 Å². The third kappa shape index (κ3) is 3.61. The van der Waals surface area contributed by atoms with E-state index in [1.807, 2.05) is 0 Å². The third-order valence-electron chi connectivity index (χ3n) is 1.80. The molecule has 1 rings (SSSR count). The van der Waals surface area contributed by atoms with E-state index in [0.717, 1.165) is 12.8 Å². The first kappa shape index (κ1) is 11.3. The highest BCUT2D eigenvalue weighted by atomic mass is 35.5. The maximum atomic E-state index is 10.8. The lowest BCUT2D eigenvalue weighted by Crippen LogP contribution is -2.11. The van der Waals surface area contributed by atoms with Gasteiger partial charge in [-0.15, -0.1) is 18.1 Å². The van der Waals surface area contributed by atoms with Crippen LogP contribution in [-0.2, 0) is 9.53 Å². The van der Waals surface area contributed by atoms with Crippen molar-refractivity contribution in [2.24, 2.45) is 0 Å². The summed E-state index contributed by atoms with van der Waals surface area (Å²) in [7, 11) is 0. The molecule has 12 heavy (non-hydrogen) atoms. The van der Waals surface area contributed by atoms with Gasteiger partial charge in [0.1, 0.15) is 6.10 Å². The van der Waals surface area contributed by atoms with E-state index < -0.39 is 0 Å². The van der Waals surface area contributed by atoms with Gasteiger partial charge in [0.2, 0.25) is 0 Å². The summed E-state index contributed by atoms with van der Waals surface area (Å²) < 4.78 is 5.05. The van der Waals surface area contributed by atoms with Crippen LogP contribution in [0.4, 0.5) is 0 Å². The first-order valence-electron chi connectivity index (χ1n) is 3.89. The van der Waals surface area contributed by atoms with Gasteiger partial charge in [-0.1, -0.05) is 6.58 Å². The van der Waals surface area contributed by atoms with Gasteiger partial charge < -0.3 is 4.74 Å². The molecular weight excluding hydrogens is 176 g/mol. The second kappa shape index (κ2) is 5.87. The molecule has 0 aliphatic heterocycles. The zero-order valence-electron chi connectivity index (χ0n) is 6.91. The number of hydrogen-bond acceptors (Lipinski definition) is 2. The lowest BCUT2D eigenvalue weighted by atomic mass is 10.3. The molecule has 1 aliphatic rings. The second-order valence-corrected chi connectivity index (χ2v) is 2.69. The van der Waals surface area contributed by atoms with E-state index in [0.29, 0.717) is 0 Å². The molecule has 0 N–H and O–H groups in total. The van der Waals surface area contributed by atoms with Gasteiger partial charge in [-0.2, -0.15) is 0 Å². The Morgan fingerprint density at radius 2 is 2.08 bits per heavy atom. The summed E-state index contributed by atoms with van der Waals surface area (Å²) in [5.41, 5.74) is 2.39. The first-order valence-corrected chi connectivity index (χ1v) is 3.89. The van der Waals surface area contributed by atoms with Crippen molar-refractivity contribution in [2.45, 2.75) is 31.8 Å². The topological polar surface area (TPSA) is 26.3 Å². The summed E-state index contributed by atoms with van der Waals surface area (Å²) >= 11 is 0. The molecule has 0 unspecified atom stereocenters. The maximum absolute atomic E-state index is 10.8. The van der Waals surface area contributed by atoms with Crippen LogP contribution in [0, 0.1) is 0 Å². The fraction of sp³-hybridized carbons (Fsp3) is 0.556. The molecule has 0 spiro atoms. The molecule has 1 aliphatic carbocycles. The Balaban J connectivity index is 0.00000121. The third-order valence-corrected chi connectivity index (χ3v) is 1.80. The number of hydrogen-bond donors (Lipinski definition) is 0. The van der Waals surface area contributed by atoms with Crippen LogP contribution in [0.15, 0.2) is 18.4 Å². The molecule has 1 saturated carbocycles. The lowest BCUT2D eigenvalue weighted by molar-refractivity contribution is -0.142. The predicted octanol–water partition coefficient (Wildman–Crippen LogP) is 2.24. The van der Waals surface area contributed by atoms with Gasteiger partial charge in [0.25, 0.3) is 0 Å². The average Bonchev–Trinajstić information content (AvgIpc) is 2.40. The molecule has 0 amide bonds. The summed E-state index contributed by atoms with van der Waals surface area (Å²) in [6.07, 6.45) is 5.75. The zero-order valence-corrected chi connectivity index (χ0v) is 7.73. The van der Waals surface area contributed by atoms with Gasteiger partial charge >= 0.3 is 5.97 Å². The average molecular weight is 189 g/mol. The van der Waals surface area contributed by atoms with Crippen LogP contribution < -0.4 is 0 Å². The molecule has 0 bridgehead atoms. The van der Waals surface area contributed by atoms with Crippen LogP contribution in [0.2, 0.25) is 0 Å². The minimum absolute atomic E-state index is 0. The molecule has 1 fully saturated rings. The highest BCUT2D eigenvalue weighted by Gasteiger charge is 2.17. The van der Waals surface area contributed by atoms with Crippen LogP contribution in [0.5, 0.6) is 0 Å². The Morgan fingerprint density at radius 3 is 2.58 bits per heavy atom. The minimum atomic E-state index is -0.313. The van der Waals surface area contributed by atoms with Crippen molar-refractivity contribution in [3.63, 3.8) is 0 Å². The predicted molar refractivity (Wildman–Crippen MR) is 49.3 cm³/mol. The van der Waals surface area contributed by atoms with Gasteiger partial charge in [0.05, 0.1) is 6.08 Å². The molecule has 0 heterocycles.